The predicted octanol–water partition coefficient (Wildman–Crippen LogP) is 5.14. The number of halogens is 1. The maximum Gasteiger partial charge on any atom is 0.227 e. The van der Waals surface area contributed by atoms with Gasteiger partial charge in [0, 0.05) is 15.7 Å². The van der Waals surface area contributed by atoms with Gasteiger partial charge in [0.15, 0.2) is 5.58 Å². The summed E-state index contributed by atoms with van der Waals surface area (Å²) in [5, 5.41) is 0. The molecule has 0 aliphatic rings. The third-order valence-electron chi connectivity index (χ3n) is 3.50. The van der Waals surface area contributed by atoms with Crippen molar-refractivity contribution in [3.8, 4) is 11.5 Å². The zero-order valence-corrected chi connectivity index (χ0v) is 13.9. The Morgan fingerprint density at radius 3 is 2.52 bits per heavy atom. The second-order valence-electron chi connectivity index (χ2n) is 6.19. The number of nitrogens with two attached hydrogens (primary N) is 1. The van der Waals surface area contributed by atoms with Crippen molar-refractivity contribution in [2.45, 2.75) is 26.2 Å². The summed E-state index contributed by atoms with van der Waals surface area (Å²) < 4.78 is 6.69. The SMILES string of the molecule is CC(C)(C)c1ccc2oc(-c3ccc(N)c(Br)c3)nc2c1. The molecule has 2 N–H and O–H groups in total. The first-order chi connectivity index (χ1) is 9.84. The zero-order chi connectivity index (χ0) is 15.2. The number of nitrogen functional groups attached to an aromatic ring is 1. The van der Waals surface area contributed by atoms with E-state index in [0.29, 0.717) is 11.6 Å². The lowest BCUT2D eigenvalue weighted by Gasteiger charge is -2.18. The number of hydrogen-bond donors (Lipinski definition) is 1. The van der Waals surface area contributed by atoms with Crippen LogP contribution in [0.25, 0.3) is 22.6 Å². The van der Waals surface area contributed by atoms with Gasteiger partial charge in [-0.1, -0.05) is 26.8 Å². The van der Waals surface area contributed by atoms with Gasteiger partial charge in [-0.3, -0.25) is 0 Å². The van der Waals surface area contributed by atoms with Gasteiger partial charge in [0.05, 0.1) is 0 Å². The summed E-state index contributed by atoms with van der Waals surface area (Å²) in [5.41, 5.74) is 10.4. The summed E-state index contributed by atoms with van der Waals surface area (Å²) in [6.45, 7) is 6.56. The van der Waals surface area contributed by atoms with E-state index in [1.807, 2.05) is 24.3 Å². The topological polar surface area (TPSA) is 52.0 Å². The molecule has 3 nitrogen and oxygen atoms in total. The molecule has 108 valence electrons. The van der Waals surface area contributed by atoms with Crippen LogP contribution in [0.2, 0.25) is 0 Å². The highest BCUT2D eigenvalue weighted by Gasteiger charge is 2.16. The largest absolute Gasteiger partial charge is 0.436 e. The summed E-state index contributed by atoms with van der Waals surface area (Å²) in [5.74, 6) is 0.608. The van der Waals surface area contributed by atoms with Crippen LogP contribution in [0.1, 0.15) is 26.3 Å². The quantitative estimate of drug-likeness (QED) is 0.622. The summed E-state index contributed by atoms with van der Waals surface area (Å²) in [7, 11) is 0. The number of hydrogen-bond acceptors (Lipinski definition) is 3. The monoisotopic (exact) mass is 344 g/mol. The maximum atomic E-state index is 5.84. The minimum atomic E-state index is 0.0948. The Morgan fingerprint density at radius 2 is 1.86 bits per heavy atom. The molecular weight excluding hydrogens is 328 g/mol. The number of oxazole rings is 1. The molecule has 1 heterocycles. The molecule has 2 aromatic carbocycles. The summed E-state index contributed by atoms with van der Waals surface area (Å²) >= 11 is 3.43. The maximum absolute atomic E-state index is 5.84. The van der Waals surface area contributed by atoms with E-state index in [1.54, 1.807) is 0 Å². The third-order valence-corrected chi connectivity index (χ3v) is 4.19. The summed E-state index contributed by atoms with van der Waals surface area (Å²) in [4.78, 5) is 4.60. The highest BCUT2D eigenvalue weighted by Crippen LogP contribution is 2.31. The lowest BCUT2D eigenvalue weighted by molar-refractivity contribution is 0.590. The van der Waals surface area contributed by atoms with E-state index < -0.39 is 0 Å². The Kier molecular flexibility index (Phi) is 3.29. The molecule has 0 saturated heterocycles. The van der Waals surface area contributed by atoms with Crippen LogP contribution in [0.5, 0.6) is 0 Å². The van der Waals surface area contributed by atoms with Crippen LogP contribution in [-0.4, -0.2) is 4.98 Å². The van der Waals surface area contributed by atoms with Gasteiger partial charge in [0.2, 0.25) is 5.89 Å². The Bertz CT molecular complexity index is 815. The number of benzene rings is 2. The third kappa shape index (κ3) is 2.68. The fourth-order valence-electron chi connectivity index (χ4n) is 2.18. The fraction of sp³-hybridized carbons (Fsp3) is 0.235. The van der Waals surface area contributed by atoms with Crippen molar-refractivity contribution in [3.63, 3.8) is 0 Å². The highest BCUT2D eigenvalue weighted by atomic mass is 79.9. The first kappa shape index (κ1) is 14.1. The van der Waals surface area contributed by atoms with Gasteiger partial charge in [-0.2, -0.15) is 0 Å². The van der Waals surface area contributed by atoms with E-state index in [1.165, 1.54) is 5.56 Å². The molecule has 0 fully saturated rings. The van der Waals surface area contributed by atoms with Crippen molar-refractivity contribution in [2.24, 2.45) is 0 Å². The molecule has 0 unspecified atom stereocenters. The number of aromatic nitrogens is 1. The number of fused-ring (bicyclic) bond motifs is 1. The number of anilines is 1. The van der Waals surface area contributed by atoms with Gasteiger partial charge in [0.1, 0.15) is 5.52 Å². The molecule has 0 saturated carbocycles. The van der Waals surface area contributed by atoms with Gasteiger partial charge in [-0.05, 0) is 57.2 Å². The van der Waals surface area contributed by atoms with Crippen LogP contribution in [0, 0.1) is 0 Å². The Balaban J connectivity index is 2.10. The average Bonchev–Trinajstić information content (AvgIpc) is 2.83. The Morgan fingerprint density at radius 1 is 1.10 bits per heavy atom. The van der Waals surface area contributed by atoms with Crippen molar-refractivity contribution in [3.05, 3.63) is 46.4 Å². The minimum absolute atomic E-state index is 0.0948. The molecule has 4 heteroatoms. The molecule has 0 aliphatic carbocycles. The Labute approximate surface area is 132 Å². The van der Waals surface area contributed by atoms with Crippen molar-refractivity contribution in [1.29, 1.82) is 0 Å². The average molecular weight is 345 g/mol. The van der Waals surface area contributed by atoms with Crippen molar-refractivity contribution in [1.82, 2.24) is 4.98 Å². The number of nitrogens with zero attached hydrogens (tertiary/aromatic N) is 1. The standard InChI is InChI=1S/C17H17BrN2O/c1-17(2,3)11-5-7-15-14(9-11)20-16(21-15)10-4-6-13(19)12(18)8-10/h4-9H,19H2,1-3H3. The normalized spacial score (nSPS) is 12.0. The van der Waals surface area contributed by atoms with Crippen LogP contribution in [0.15, 0.2) is 45.3 Å². The van der Waals surface area contributed by atoms with E-state index in [4.69, 9.17) is 10.2 Å². The van der Waals surface area contributed by atoms with Crippen LogP contribution < -0.4 is 5.73 Å². The zero-order valence-electron chi connectivity index (χ0n) is 12.3. The lowest BCUT2D eigenvalue weighted by atomic mass is 9.87. The molecule has 0 bridgehead atoms. The highest BCUT2D eigenvalue weighted by molar-refractivity contribution is 9.10. The molecule has 1 aromatic heterocycles. The summed E-state index contributed by atoms with van der Waals surface area (Å²) in [6.07, 6.45) is 0. The molecule has 0 spiro atoms. The van der Waals surface area contributed by atoms with E-state index >= 15 is 0 Å². The fourth-order valence-corrected chi connectivity index (χ4v) is 2.56. The van der Waals surface area contributed by atoms with Crippen LogP contribution >= 0.6 is 15.9 Å². The van der Waals surface area contributed by atoms with Gasteiger partial charge in [-0.25, -0.2) is 4.98 Å². The van der Waals surface area contributed by atoms with E-state index in [2.05, 4.69) is 53.8 Å². The van der Waals surface area contributed by atoms with Gasteiger partial charge < -0.3 is 10.2 Å². The molecule has 0 amide bonds. The van der Waals surface area contributed by atoms with Crippen LogP contribution in [-0.2, 0) is 5.41 Å². The van der Waals surface area contributed by atoms with Crippen molar-refractivity contribution in [2.75, 3.05) is 5.73 Å². The number of rotatable bonds is 1. The van der Waals surface area contributed by atoms with E-state index in [9.17, 15) is 0 Å². The molecule has 3 rings (SSSR count). The minimum Gasteiger partial charge on any atom is -0.436 e. The predicted molar refractivity (Wildman–Crippen MR) is 90.3 cm³/mol. The Hall–Kier alpha value is -1.81. The molecule has 3 aromatic rings. The second-order valence-corrected chi connectivity index (χ2v) is 7.04. The molecular formula is C17H17BrN2O. The first-order valence-corrected chi connectivity index (χ1v) is 7.60. The van der Waals surface area contributed by atoms with Crippen molar-refractivity contribution >= 4 is 32.7 Å². The van der Waals surface area contributed by atoms with Gasteiger partial charge >= 0.3 is 0 Å². The van der Waals surface area contributed by atoms with Gasteiger partial charge in [-0.15, -0.1) is 0 Å². The lowest BCUT2D eigenvalue weighted by Crippen LogP contribution is -2.10. The second kappa shape index (κ2) is 4.88. The van der Waals surface area contributed by atoms with E-state index in [0.717, 1.165) is 21.1 Å². The van der Waals surface area contributed by atoms with Gasteiger partial charge in [0.25, 0.3) is 0 Å². The molecule has 0 aliphatic heterocycles. The first-order valence-electron chi connectivity index (χ1n) is 6.81. The molecule has 0 atom stereocenters. The van der Waals surface area contributed by atoms with Crippen LogP contribution in [0.4, 0.5) is 5.69 Å². The smallest absolute Gasteiger partial charge is 0.227 e. The molecule has 21 heavy (non-hydrogen) atoms. The summed E-state index contributed by atoms with van der Waals surface area (Å²) in [6, 6.07) is 11.8. The molecule has 0 radical (unpaired) electrons. The van der Waals surface area contributed by atoms with Crippen LogP contribution in [0.3, 0.4) is 0 Å². The van der Waals surface area contributed by atoms with E-state index in [-0.39, 0.29) is 5.41 Å². The van der Waals surface area contributed by atoms with Crippen molar-refractivity contribution < 1.29 is 4.42 Å².